The molecule has 1 heterocycles. The maximum absolute atomic E-state index is 11.9. The first kappa shape index (κ1) is 16.4. The number of aliphatic carboxylic acids is 1. The number of hydrogen-bond donors (Lipinski definition) is 2. The highest BCUT2D eigenvalue weighted by Crippen LogP contribution is 2.17. The van der Waals surface area contributed by atoms with Gasteiger partial charge in [-0.2, -0.15) is 0 Å². The molecule has 1 unspecified atom stereocenters. The zero-order valence-corrected chi connectivity index (χ0v) is 11.8. The average molecular weight is 286 g/mol. The molecule has 0 spiro atoms. The van der Waals surface area contributed by atoms with Gasteiger partial charge in [0.1, 0.15) is 0 Å². The highest BCUT2D eigenvalue weighted by atomic mass is 16.5. The van der Waals surface area contributed by atoms with Crippen molar-refractivity contribution in [3.05, 3.63) is 0 Å². The molecule has 1 fully saturated rings. The van der Waals surface area contributed by atoms with Crippen molar-refractivity contribution >= 4 is 17.8 Å². The topological polar surface area (TPSA) is 95.9 Å². The number of methoxy groups -OCH3 is 1. The number of unbranched alkanes of at least 4 members (excludes halogenated alkanes) is 1. The van der Waals surface area contributed by atoms with Gasteiger partial charge in [0.25, 0.3) is 0 Å². The molecule has 0 bridgehead atoms. The van der Waals surface area contributed by atoms with Crippen molar-refractivity contribution < 1.29 is 24.2 Å². The molecule has 1 aliphatic rings. The van der Waals surface area contributed by atoms with E-state index in [1.165, 1.54) is 0 Å². The molecule has 0 saturated carbocycles. The zero-order valence-electron chi connectivity index (χ0n) is 11.8. The maximum Gasteiger partial charge on any atom is 0.303 e. The molecular formula is C13H22N2O5. The number of carbonyl (C=O) groups is 3. The molecule has 7 heteroatoms. The molecule has 0 aromatic carbocycles. The van der Waals surface area contributed by atoms with Crippen LogP contribution >= 0.6 is 0 Å². The van der Waals surface area contributed by atoms with Gasteiger partial charge < -0.3 is 20.1 Å². The van der Waals surface area contributed by atoms with E-state index in [4.69, 9.17) is 9.84 Å². The molecule has 1 saturated heterocycles. The summed E-state index contributed by atoms with van der Waals surface area (Å²) in [6, 6.07) is 0. The van der Waals surface area contributed by atoms with Crippen LogP contribution in [0.2, 0.25) is 0 Å². The van der Waals surface area contributed by atoms with E-state index in [-0.39, 0.29) is 30.6 Å². The van der Waals surface area contributed by atoms with Crippen LogP contribution in [0.3, 0.4) is 0 Å². The summed E-state index contributed by atoms with van der Waals surface area (Å²) < 4.78 is 4.92. The van der Waals surface area contributed by atoms with Gasteiger partial charge in [0, 0.05) is 39.6 Å². The summed E-state index contributed by atoms with van der Waals surface area (Å²) >= 11 is 0. The second-order valence-electron chi connectivity index (χ2n) is 4.88. The molecule has 114 valence electrons. The van der Waals surface area contributed by atoms with Gasteiger partial charge in [-0.25, -0.2) is 0 Å². The van der Waals surface area contributed by atoms with E-state index in [0.717, 1.165) is 0 Å². The van der Waals surface area contributed by atoms with Gasteiger partial charge in [0.05, 0.1) is 12.5 Å². The van der Waals surface area contributed by atoms with Crippen molar-refractivity contribution in [3.8, 4) is 0 Å². The van der Waals surface area contributed by atoms with Gasteiger partial charge in [0.2, 0.25) is 11.8 Å². The minimum Gasteiger partial charge on any atom is -0.481 e. The molecule has 2 N–H and O–H groups in total. The van der Waals surface area contributed by atoms with Crippen molar-refractivity contribution in [3.63, 3.8) is 0 Å². The van der Waals surface area contributed by atoms with Crippen LogP contribution in [0.1, 0.15) is 25.7 Å². The van der Waals surface area contributed by atoms with E-state index in [9.17, 15) is 14.4 Å². The summed E-state index contributed by atoms with van der Waals surface area (Å²) in [7, 11) is 1.57. The van der Waals surface area contributed by atoms with Crippen LogP contribution in [0, 0.1) is 5.92 Å². The third-order valence-corrected chi connectivity index (χ3v) is 3.27. The molecule has 1 aliphatic heterocycles. The molecule has 2 amide bonds. The summed E-state index contributed by atoms with van der Waals surface area (Å²) in [5.41, 5.74) is 0. The van der Waals surface area contributed by atoms with Gasteiger partial charge in [0.15, 0.2) is 0 Å². The van der Waals surface area contributed by atoms with E-state index >= 15 is 0 Å². The van der Waals surface area contributed by atoms with Crippen molar-refractivity contribution in [2.45, 2.75) is 25.7 Å². The Kier molecular flexibility index (Phi) is 7.00. The smallest absolute Gasteiger partial charge is 0.303 e. The second kappa shape index (κ2) is 8.52. The monoisotopic (exact) mass is 286 g/mol. The van der Waals surface area contributed by atoms with Gasteiger partial charge in [-0.3, -0.25) is 14.4 Å². The number of amides is 2. The van der Waals surface area contributed by atoms with Crippen molar-refractivity contribution in [2.24, 2.45) is 5.92 Å². The standard InChI is InChI=1S/C13H22N2O5/c1-20-7-6-15-9-10(8-11(15)16)13(19)14-5-3-2-4-12(17)18/h10H,2-9H2,1H3,(H,14,19)(H,17,18). The first-order chi connectivity index (χ1) is 9.54. The Morgan fingerprint density at radius 3 is 2.85 bits per heavy atom. The molecule has 1 rings (SSSR count). The van der Waals surface area contributed by atoms with Gasteiger partial charge in [-0.1, -0.05) is 0 Å². The highest BCUT2D eigenvalue weighted by Gasteiger charge is 2.33. The Bertz CT molecular complexity index is 359. The lowest BCUT2D eigenvalue weighted by atomic mass is 10.1. The Morgan fingerprint density at radius 1 is 1.45 bits per heavy atom. The number of rotatable bonds is 9. The number of nitrogens with one attached hydrogen (secondary N) is 1. The third-order valence-electron chi connectivity index (χ3n) is 3.27. The number of nitrogens with zero attached hydrogens (tertiary/aromatic N) is 1. The fourth-order valence-corrected chi connectivity index (χ4v) is 2.12. The maximum atomic E-state index is 11.9. The number of ether oxygens (including phenoxy) is 1. The van der Waals surface area contributed by atoms with Crippen molar-refractivity contribution in [1.82, 2.24) is 10.2 Å². The highest BCUT2D eigenvalue weighted by molar-refractivity contribution is 5.89. The van der Waals surface area contributed by atoms with E-state index < -0.39 is 5.97 Å². The SMILES string of the molecule is COCCN1CC(C(=O)NCCCCC(=O)O)CC1=O. The van der Waals surface area contributed by atoms with Gasteiger partial charge in [-0.05, 0) is 12.8 Å². The second-order valence-corrected chi connectivity index (χ2v) is 4.88. The van der Waals surface area contributed by atoms with Crippen LogP contribution in [0.4, 0.5) is 0 Å². The lowest BCUT2D eigenvalue weighted by Crippen LogP contribution is -2.34. The number of carboxylic acids is 1. The molecule has 0 radical (unpaired) electrons. The largest absolute Gasteiger partial charge is 0.481 e. The van der Waals surface area contributed by atoms with Crippen LogP contribution < -0.4 is 5.32 Å². The molecule has 0 aliphatic carbocycles. The molecule has 7 nitrogen and oxygen atoms in total. The van der Waals surface area contributed by atoms with Gasteiger partial charge >= 0.3 is 5.97 Å². The van der Waals surface area contributed by atoms with Crippen LogP contribution in [0.15, 0.2) is 0 Å². The van der Waals surface area contributed by atoms with E-state index in [2.05, 4.69) is 5.32 Å². The normalized spacial score (nSPS) is 18.4. The lowest BCUT2D eigenvalue weighted by Gasteiger charge is -2.15. The Hall–Kier alpha value is -1.63. The molecule has 20 heavy (non-hydrogen) atoms. The molecule has 1 atom stereocenters. The first-order valence-corrected chi connectivity index (χ1v) is 6.80. The summed E-state index contributed by atoms with van der Waals surface area (Å²) in [6.45, 7) is 1.87. The minimum absolute atomic E-state index is 0.0203. The number of carboxylic acid groups (broad SMARTS) is 1. The summed E-state index contributed by atoms with van der Waals surface area (Å²) in [5, 5.41) is 11.2. The fraction of sp³-hybridized carbons (Fsp3) is 0.769. The minimum atomic E-state index is -0.827. The quantitative estimate of drug-likeness (QED) is 0.575. The first-order valence-electron chi connectivity index (χ1n) is 6.80. The Morgan fingerprint density at radius 2 is 2.20 bits per heavy atom. The van der Waals surface area contributed by atoms with Crippen LogP contribution in [0.5, 0.6) is 0 Å². The summed E-state index contributed by atoms with van der Waals surface area (Å²) in [5.74, 6) is -1.29. The van der Waals surface area contributed by atoms with E-state index in [1.54, 1.807) is 12.0 Å². The van der Waals surface area contributed by atoms with Crippen LogP contribution in [-0.4, -0.2) is 61.1 Å². The fourth-order valence-electron chi connectivity index (χ4n) is 2.12. The number of hydrogen-bond acceptors (Lipinski definition) is 4. The average Bonchev–Trinajstić information content (AvgIpc) is 2.77. The van der Waals surface area contributed by atoms with E-state index in [1.807, 2.05) is 0 Å². The summed E-state index contributed by atoms with van der Waals surface area (Å²) in [4.78, 5) is 35.5. The molecular weight excluding hydrogens is 264 g/mol. The van der Waals surface area contributed by atoms with Crippen molar-refractivity contribution in [2.75, 3.05) is 33.4 Å². The third kappa shape index (κ3) is 5.56. The summed E-state index contributed by atoms with van der Waals surface area (Å²) in [6.07, 6.45) is 1.53. The molecule has 0 aromatic heterocycles. The van der Waals surface area contributed by atoms with Crippen LogP contribution in [-0.2, 0) is 19.1 Å². The Labute approximate surface area is 118 Å². The predicted octanol–water partition coefficient (Wildman–Crippen LogP) is -0.148. The van der Waals surface area contributed by atoms with E-state index in [0.29, 0.717) is 39.1 Å². The number of likely N-dealkylation sites (tertiary alicyclic amines) is 1. The predicted molar refractivity (Wildman–Crippen MR) is 71.1 cm³/mol. The lowest BCUT2D eigenvalue weighted by molar-refractivity contribution is -0.137. The van der Waals surface area contributed by atoms with Crippen LogP contribution in [0.25, 0.3) is 0 Å². The number of carbonyl (C=O) groups excluding carboxylic acids is 2. The molecule has 0 aromatic rings. The van der Waals surface area contributed by atoms with Crippen molar-refractivity contribution in [1.29, 1.82) is 0 Å². The Balaban J connectivity index is 2.20. The van der Waals surface area contributed by atoms with Gasteiger partial charge in [-0.15, -0.1) is 0 Å². The zero-order chi connectivity index (χ0) is 15.0.